The zero-order chi connectivity index (χ0) is 13.0. The van der Waals surface area contributed by atoms with E-state index >= 15 is 0 Å². The quantitative estimate of drug-likeness (QED) is 0.765. The molecule has 0 spiro atoms. The van der Waals surface area contributed by atoms with Crippen molar-refractivity contribution >= 4 is 22.4 Å². The standard InChI is InChI=1S/C12H18N2O3S/c1-3-14(7-9-5-4-6-17-9)12-13-10(8-18-12)11(15)16-2/h8-9H,3-7H2,1-2H3. The summed E-state index contributed by atoms with van der Waals surface area (Å²) in [7, 11) is 1.37. The highest BCUT2D eigenvalue weighted by Gasteiger charge is 2.21. The molecule has 0 bridgehead atoms. The Morgan fingerprint density at radius 3 is 3.17 bits per heavy atom. The van der Waals surface area contributed by atoms with Crippen LogP contribution in [0.3, 0.4) is 0 Å². The van der Waals surface area contributed by atoms with Gasteiger partial charge in [-0.15, -0.1) is 11.3 Å². The van der Waals surface area contributed by atoms with Crippen LogP contribution in [0.1, 0.15) is 30.3 Å². The average Bonchev–Trinajstić information content (AvgIpc) is 3.05. The molecule has 18 heavy (non-hydrogen) atoms. The van der Waals surface area contributed by atoms with Crippen LogP contribution in [0.25, 0.3) is 0 Å². The molecule has 1 aliphatic rings. The lowest BCUT2D eigenvalue weighted by Gasteiger charge is -2.23. The Labute approximate surface area is 111 Å². The highest BCUT2D eigenvalue weighted by Crippen LogP contribution is 2.23. The van der Waals surface area contributed by atoms with E-state index in [0.717, 1.165) is 37.7 Å². The molecule has 5 nitrogen and oxygen atoms in total. The van der Waals surface area contributed by atoms with Crippen molar-refractivity contribution in [3.05, 3.63) is 11.1 Å². The van der Waals surface area contributed by atoms with Crippen LogP contribution >= 0.6 is 11.3 Å². The van der Waals surface area contributed by atoms with Crippen molar-refractivity contribution in [2.45, 2.75) is 25.9 Å². The SMILES string of the molecule is CCN(CC1CCCO1)c1nc(C(=O)OC)cs1. The van der Waals surface area contributed by atoms with Gasteiger partial charge < -0.3 is 14.4 Å². The monoisotopic (exact) mass is 270 g/mol. The van der Waals surface area contributed by atoms with Crippen LogP contribution in [0.5, 0.6) is 0 Å². The number of likely N-dealkylation sites (N-methyl/N-ethyl adjacent to an activating group) is 1. The molecule has 2 heterocycles. The third kappa shape index (κ3) is 3.00. The molecular weight excluding hydrogens is 252 g/mol. The Hall–Kier alpha value is -1.14. The second kappa shape index (κ2) is 6.15. The first kappa shape index (κ1) is 13.3. The van der Waals surface area contributed by atoms with E-state index in [-0.39, 0.29) is 12.1 Å². The molecule has 2 rings (SSSR count). The fourth-order valence-electron chi connectivity index (χ4n) is 1.98. The molecule has 0 aliphatic carbocycles. The maximum absolute atomic E-state index is 11.4. The number of esters is 1. The summed E-state index contributed by atoms with van der Waals surface area (Å²) in [4.78, 5) is 17.8. The van der Waals surface area contributed by atoms with Gasteiger partial charge in [0.15, 0.2) is 10.8 Å². The molecule has 1 fully saturated rings. The predicted molar refractivity (Wildman–Crippen MR) is 70.3 cm³/mol. The largest absolute Gasteiger partial charge is 0.464 e. The molecule has 1 saturated heterocycles. The fourth-order valence-corrected chi connectivity index (χ4v) is 2.85. The number of carbonyl (C=O) groups excluding carboxylic acids is 1. The van der Waals surface area contributed by atoms with Gasteiger partial charge in [-0.1, -0.05) is 0 Å². The second-order valence-corrected chi connectivity index (χ2v) is 5.02. The van der Waals surface area contributed by atoms with Gasteiger partial charge in [0.25, 0.3) is 0 Å². The van der Waals surface area contributed by atoms with E-state index < -0.39 is 0 Å². The number of carbonyl (C=O) groups is 1. The number of nitrogens with zero attached hydrogens (tertiary/aromatic N) is 2. The molecule has 1 aromatic heterocycles. The van der Waals surface area contributed by atoms with Gasteiger partial charge in [-0.25, -0.2) is 9.78 Å². The predicted octanol–water partition coefficient (Wildman–Crippen LogP) is 1.94. The molecule has 0 N–H and O–H groups in total. The first-order valence-corrected chi connectivity index (χ1v) is 7.03. The van der Waals surface area contributed by atoms with Gasteiger partial charge in [-0.05, 0) is 19.8 Å². The van der Waals surface area contributed by atoms with Gasteiger partial charge in [-0.2, -0.15) is 0 Å². The van der Waals surface area contributed by atoms with Crippen molar-refractivity contribution in [1.29, 1.82) is 0 Å². The topological polar surface area (TPSA) is 51.7 Å². The molecule has 100 valence electrons. The summed E-state index contributed by atoms with van der Waals surface area (Å²) in [5.41, 5.74) is 0.378. The maximum Gasteiger partial charge on any atom is 0.357 e. The van der Waals surface area contributed by atoms with E-state index in [0.29, 0.717) is 5.69 Å². The number of hydrogen-bond donors (Lipinski definition) is 0. The summed E-state index contributed by atoms with van der Waals surface area (Å²) in [6.07, 6.45) is 2.52. The number of anilines is 1. The van der Waals surface area contributed by atoms with Crippen LogP contribution in [0.15, 0.2) is 5.38 Å². The molecule has 0 aromatic carbocycles. The third-order valence-electron chi connectivity index (χ3n) is 2.99. The smallest absolute Gasteiger partial charge is 0.357 e. The van der Waals surface area contributed by atoms with Crippen molar-refractivity contribution in [3.63, 3.8) is 0 Å². The first-order chi connectivity index (χ1) is 8.74. The lowest BCUT2D eigenvalue weighted by molar-refractivity contribution is 0.0595. The first-order valence-electron chi connectivity index (χ1n) is 6.15. The summed E-state index contributed by atoms with van der Waals surface area (Å²) in [6.45, 7) is 4.63. The highest BCUT2D eigenvalue weighted by atomic mass is 32.1. The molecule has 6 heteroatoms. The number of ether oxygens (including phenoxy) is 2. The molecule has 1 atom stereocenters. The van der Waals surface area contributed by atoms with Crippen LogP contribution in [-0.4, -0.2) is 43.9 Å². The van der Waals surface area contributed by atoms with Crippen molar-refractivity contribution in [2.75, 3.05) is 31.7 Å². The van der Waals surface area contributed by atoms with Crippen LogP contribution in [-0.2, 0) is 9.47 Å². The third-order valence-corrected chi connectivity index (χ3v) is 3.89. The molecular formula is C12H18N2O3S. The normalized spacial score (nSPS) is 18.9. The minimum absolute atomic E-state index is 0.287. The van der Waals surface area contributed by atoms with E-state index in [4.69, 9.17) is 4.74 Å². The Kier molecular flexibility index (Phi) is 4.54. The average molecular weight is 270 g/mol. The van der Waals surface area contributed by atoms with Crippen LogP contribution in [0.4, 0.5) is 5.13 Å². The fraction of sp³-hybridized carbons (Fsp3) is 0.667. The number of rotatable bonds is 5. The van der Waals surface area contributed by atoms with E-state index in [1.54, 1.807) is 5.38 Å². The van der Waals surface area contributed by atoms with Crippen LogP contribution in [0.2, 0.25) is 0 Å². The minimum atomic E-state index is -0.384. The Morgan fingerprint density at radius 2 is 2.56 bits per heavy atom. The van der Waals surface area contributed by atoms with Crippen molar-refractivity contribution in [1.82, 2.24) is 4.98 Å². The summed E-state index contributed by atoms with van der Waals surface area (Å²) < 4.78 is 10.3. The van der Waals surface area contributed by atoms with Crippen molar-refractivity contribution in [2.24, 2.45) is 0 Å². The summed E-state index contributed by atoms with van der Waals surface area (Å²) in [6, 6.07) is 0. The van der Waals surface area contributed by atoms with E-state index in [9.17, 15) is 4.79 Å². The Morgan fingerprint density at radius 1 is 1.72 bits per heavy atom. The highest BCUT2D eigenvalue weighted by molar-refractivity contribution is 7.13. The second-order valence-electron chi connectivity index (χ2n) is 4.18. The van der Waals surface area contributed by atoms with Gasteiger partial charge in [0.1, 0.15) is 0 Å². The molecule has 1 aromatic rings. The van der Waals surface area contributed by atoms with Crippen LogP contribution in [0, 0.1) is 0 Å². The molecule has 1 unspecified atom stereocenters. The Balaban J connectivity index is 2.02. The van der Waals surface area contributed by atoms with Gasteiger partial charge >= 0.3 is 5.97 Å². The number of methoxy groups -OCH3 is 1. The zero-order valence-corrected chi connectivity index (χ0v) is 11.5. The van der Waals surface area contributed by atoms with Gasteiger partial charge in [0.2, 0.25) is 0 Å². The van der Waals surface area contributed by atoms with Crippen molar-refractivity contribution < 1.29 is 14.3 Å². The Bertz CT molecular complexity index is 402. The zero-order valence-electron chi connectivity index (χ0n) is 10.7. The lowest BCUT2D eigenvalue weighted by Crippen LogP contribution is -2.32. The van der Waals surface area contributed by atoms with Crippen molar-refractivity contribution in [3.8, 4) is 0 Å². The van der Waals surface area contributed by atoms with E-state index in [1.807, 2.05) is 0 Å². The van der Waals surface area contributed by atoms with Gasteiger partial charge in [-0.3, -0.25) is 0 Å². The summed E-state index contributed by atoms with van der Waals surface area (Å²) in [5, 5.41) is 2.59. The van der Waals surface area contributed by atoms with Crippen LogP contribution < -0.4 is 4.90 Å². The summed E-state index contributed by atoms with van der Waals surface area (Å²) >= 11 is 1.47. The maximum atomic E-state index is 11.4. The lowest BCUT2D eigenvalue weighted by atomic mass is 10.2. The minimum Gasteiger partial charge on any atom is -0.464 e. The number of hydrogen-bond acceptors (Lipinski definition) is 6. The van der Waals surface area contributed by atoms with Gasteiger partial charge in [0.05, 0.1) is 13.2 Å². The molecule has 0 saturated carbocycles. The van der Waals surface area contributed by atoms with E-state index in [1.165, 1.54) is 18.4 Å². The molecule has 0 amide bonds. The molecule has 1 aliphatic heterocycles. The molecule has 0 radical (unpaired) electrons. The number of aromatic nitrogens is 1. The summed E-state index contributed by atoms with van der Waals surface area (Å²) in [5.74, 6) is -0.384. The number of thiazole rings is 1. The van der Waals surface area contributed by atoms with Gasteiger partial charge in [0, 0.05) is 25.1 Å². The van der Waals surface area contributed by atoms with E-state index in [2.05, 4.69) is 21.5 Å².